The summed E-state index contributed by atoms with van der Waals surface area (Å²) in [6.07, 6.45) is 7.11. The molecule has 178 valence electrons. The van der Waals surface area contributed by atoms with Crippen LogP contribution in [0.3, 0.4) is 0 Å². The van der Waals surface area contributed by atoms with E-state index in [0.29, 0.717) is 22.5 Å². The van der Waals surface area contributed by atoms with E-state index >= 15 is 0 Å². The van der Waals surface area contributed by atoms with Crippen molar-refractivity contribution in [3.05, 3.63) is 85.8 Å². The molecule has 1 aliphatic rings. The van der Waals surface area contributed by atoms with Crippen molar-refractivity contribution in [3.63, 3.8) is 0 Å². The number of hydrogen-bond donors (Lipinski definition) is 0. The maximum atomic E-state index is 9.93. The summed E-state index contributed by atoms with van der Waals surface area (Å²) < 4.78 is 2.16. The largest absolute Gasteiger partial charge is 0.342 e. The van der Waals surface area contributed by atoms with Crippen LogP contribution in [0.5, 0.6) is 0 Å². The topological polar surface area (TPSA) is 41.1 Å². The lowest BCUT2D eigenvalue weighted by atomic mass is 9.72. The zero-order valence-electron chi connectivity index (χ0n) is 20.1. The van der Waals surface area contributed by atoms with E-state index in [1.54, 1.807) is 11.3 Å². The molecule has 0 fully saturated rings. The van der Waals surface area contributed by atoms with Gasteiger partial charge in [0.1, 0.15) is 11.1 Å². The molecule has 0 amide bonds. The number of benzene rings is 2. The van der Waals surface area contributed by atoms with E-state index in [4.69, 9.17) is 28.2 Å². The molecule has 1 atom stereocenters. The van der Waals surface area contributed by atoms with Crippen molar-refractivity contribution >= 4 is 56.7 Å². The van der Waals surface area contributed by atoms with Crippen LogP contribution in [0.15, 0.2) is 53.7 Å². The number of nitriles is 1. The normalized spacial score (nSPS) is 16.1. The minimum atomic E-state index is 0.268. The number of nitrogens with zero attached hydrogens (tertiary/aromatic N) is 3. The second-order valence-corrected chi connectivity index (χ2v) is 12.2. The first-order valence-electron chi connectivity index (χ1n) is 11.9. The SMILES string of the molecule is CC(C)(C)[C@H]1CCc2c(sc(N=Cc3cn(Cc4c(Cl)cccc4Cl)c4ccccc34)c2C#N)C1. The number of hydrogen-bond acceptors (Lipinski definition) is 3. The first kappa shape index (κ1) is 24.1. The molecule has 4 aromatic rings. The van der Waals surface area contributed by atoms with Crippen LogP contribution in [0.1, 0.15) is 54.3 Å². The van der Waals surface area contributed by atoms with E-state index in [-0.39, 0.29) is 5.41 Å². The molecular weight excluding hydrogens is 493 g/mol. The number of halogens is 2. The van der Waals surface area contributed by atoms with Gasteiger partial charge in [0.25, 0.3) is 0 Å². The molecule has 3 nitrogen and oxygen atoms in total. The van der Waals surface area contributed by atoms with Gasteiger partial charge in [-0.05, 0) is 54.4 Å². The number of aromatic nitrogens is 1. The van der Waals surface area contributed by atoms with Crippen LogP contribution in [0.2, 0.25) is 10.0 Å². The summed E-state index contributed by atoms with van der Waals surface area (Å²) in [6, 6.07) is 16.3. The molecule has 2 aromatic carbocycles. The predicted octanol–water partition coefficient (Wildman–Crippen LogP) is 8.83. The van der Waals surface area contributed by atoms with Gasteiger partial charge < -0.3 is 4.57 Å². The van der Waals surface area contributed by atoms with E-state index in [1.807, 2.05) is 36.5 Å². The smallest absolute Gasteiger partial charge is 0.134 e. The van der Waals surface area contributed by atoms with Gasteiger partial charge in [-0.2, -0.15) is 5.26 Å². The lowest BCUT2D eigenvalue weighted by Crippen LogP contribution is -2.26. The third-order valence-electron chi connectivity index (χ3n) is 7.11. The van der Waals surface area contributed by atoms with Gasteiger partial charge in [0.2, 0.25) is 0 Å². The Kier molecular flexibility index (Phi) is 6.53. The fourth-order valence-corrected chi connectivity index (χ4v) is 6.75. The van der Waals surface area contributed by atoms with Gasteiger partial charge in [0, 0.05) is 49.4 Å². The first-order chi connectivity index (χ1) is 16.8. The molecule has 2 heterocycles. The van der Waals surface area contributed by atoms with Gasteiger partial charge in [-0.1, -0.05) is 68.2 Å². The second-order valence-electron chi connectivity index (χ2n) is 10.3. The number of aliphatic imine (C=N–C) groups is 1. The molecular formula is C29H27Cl2N3S. The molecule has 1 aliphatic carbocycles. The van der Waals surface area contributed by atoms with E-state index < -0.39 is 0 Å². The third kappa shape index (κ3) is 4.66. The highest BCUT2D eigenvalue weighted by Crippen LogP contribution is 2.45. The number of rotatable bonds is 4. The molecule has 0 aliphatic heterocycles. The van der Waals surface area contributed by atoms with Gasteiger partial charge in [0.15, 0.2) is 0 Å². The maximum Gasteiger partial charge on any atom is 0.134 e. The van der Waals surface area contributed by atoms with E-state index in [0.717, 1.165) is 51.9 Å². The Morgan fingerprint density at radius 1 is 1.14 bits per heavy atom. The summed E-state index contributed by atoms with van der Waals surface area (Å²) in [4.78, 5) is 6.18. The average molecular weight is 521 g/mol. The molecule has 5 rings (SSSR count). The van der Waals surface area contributed by atoms with Crippen molar-refractivity contribution in [3.8, 4) is 6.07 Å². The summed E-state index contributed by atoms with van der Waals surface area (Å²) in [5, 5.41) is 13.2. The first-order valence-corrected chi connectivity index (χ1v) is 13.4. The highest BCUT2D eigenvalue weighted by molar-refractivity contribution is 7.16. The van der Waals surface area contributed by atoms with E-state index in [1.165, 1.54) is 10.4 Å². The highest BCUT2D eigenvalue weighted by atomic mass is 35.5. The lowest BCUT2D eigenvalue weighted by molar-refractivity contribution is 0.218. The van der Waals surface area contributed by atoms with Crippen LogP contribution in [0.25, 0.3) is 10.9 Å². The lowest BCUT2D eigenvalue weighted by Gasteiger charge is -2.33. The van der Waals surface area contributed by atoms with E-state index in [2.05, 4.69) is 49.7 Å². The van der Waals surface area contributed by atoms with Crippen molar-refractivity contribution in [1.82, 2.24) is 4.57 Å². The van der Waals surface area contributed by atoms with Crippen LogP contribution in [-0.4, -0.2) is 10.8 Å². The van der Waals surface area contributed by atoms with Gasteiger partial charge in [-0.3, -0.25) is 0 Å². The summed E-state index contributed by atoms with van der Waals surface area (Å²) in [5.74, 6) is 0.631. The van der Waals surface area contributed by atoms with E-state index in [9.17, 15) is 5.26 Å². The molecule has 35 heavy (non-hydrogen) atoms. The molecule has 0 radical (unpaired) electrons. The maximum absolute atomic E-state index is 9.93. The molecule has 0 unspecified atom stereocenters. The second kappa shape index (κ2) is 9.47. The van der Waals surface area contributed by atoms with Crippen molar-refractivity contribution in [1.29, 1.82) is 5.26 Å². The van der Waals surface area contributed by atoms with Gasteiger partial charge >= 0.3 is 0 Å². The van der Waals surface area contributed by atoms with Gasteiger partial charge in [-0.15, -0.1) is 11.3 Å². The Balaban J connectivity index is 1.50. The monoisotopic (exact) mass is 519 g/mol. The standard InChI is InChI=1S/C29H27Cl2N3S/c1-29(2,3)19-11-12-21-22(14-32)28(35-27(21)13-19)33-15-18-16-34(26-10-5-4-7-20(18)26)17-23-24(30)8-6-9-25(23)31/h4-10,15-16,19H,11-13,17H2,1-3H3/t19-/m0/s1. The Bertz CT molecular complexity index is 1460. The minimum absolute atomic E-state index is 0.268. The summed E-state index contributed by atoms with van der Waals surface area (Å²) >= 11 is 14.6. The number of fused-ring (bicyclic) bond motifs is 2. The van der Waals surface area contributed by atoms with Crippen LogP contribution in [0, 0.1) is 22.7 Å². The van der Waals surface area contributed by atoms with Crippen molar-refractivity contribution in [2.45, 2.75) is 46.6 Å². The van der Waals surface area contributed by atoms with Crippen LogP contribution in [0.4, 0.5) is 5.00 Å². The molecule has 0 N–H and O–H groups in total. The van der Waals surface area contributed by atoms with Crippen LogP contribution in [-0.2, 0) is 19.4 Å². The summed E-state index contributed by atoms with van der Waals surface area (Å²) in [5.41, 5.74) is 5.22. The van der Waals surface area contributed by atoms with Crippen molar-refractivity contribution in [2.24, 2.45) is 16.3 Å². The minimum Gasteiger partial charge on any atom is -0.342 e. The Labute approximate surface area is 220 Å². The molecule has 6 heteroatoms. The quantitative estimate of drug-likeness (QED) is 0.248. The zero-order valence-corrected chi connectivity index (χ0v) is 22.4. The van der Waals surface area contributed by atoms with Crippen molar-refractivity contribution < 1.29 is 0 Å². The number of para-hydroxylation sites is 1. The molecule has 0 saturated heterocycles. The third-order valence-corrected chi connectivity index (χ3v) is 8.98. The molecule has 0 saturated carbocycles. The molecule has 0 spiro atoms. The zero-order chi connectivity index (χ0) is 24.7. The Morgan fingerprint density at radius 2 is 1.89 bits per heavy atom. The van der Waals surface area contributed by atoms with Gasteiger partial charge in [-0.25, -0.2) is 4.99 Å². The predicted molar refractivity (Wildman–Crippen MR) is 149 cm³/mol. The fraction of sp³-hybridized carbons (Fsp3) is 0.310. The Hall–Kier alpha value is -2.58. The van der Waals surface area contributed by atoms with Crippen molar-refractivity contribution in [2.75, 3.05) is 0 Å². The average Bonchev–Trinajstić information content (AvgIpc) is 3.36. The van der Waals surface area contributed by atoms with Crippen LogP contribution < -0.4 is 0 Å². The Morgan fingerprint density at radius 3 is 2.60 bits per heavy atom. The van der Waals surface area contributed by atoms with Crippen LogP contribution >= 0.6 is 34.5 Å². The highest BCUT2D eigenvalue weighted by Gasteiger charge is 2.32. The molecule has 0 bridgehead atoms. The summed E-state index contributed by atoms with van der Waals surface area (Å²) in [6.45, 7) is 7.50. The number of thiophene rings is 1. The fourth-order valence-electron chi connectivity index (χ4n) is 5.01. The molecule has 2 aromatic heterocycles. The summed E-state index contributed by atoms with van der Waals surface area (Å²) in [7, 11) is 0. The van der Waals surface area contributed by atoms with Gasteiger partial charge in [0.05, 0.1) is 12.1 Å².